The van der Waals surface area contributed by atoms with Crippen LogP contribution < -0.4 is 0 Å². The molecule has 0 unspecified atom stereocenters. The molecule has 1 heteroatoms. The quantitative estimate of drug-likeness (QED) is 0.430. The third-order valence-electron chi connectivity index (χ3n) is 11.7. The van der Waals surface area contributed by atoms with Gasteiger partial charge in [0.05, 0.1) is 12.2 Å². The summed E-state index contributed by atoms with van der Waals surface area (Å²) in [6.45, 7) is 15.4. The Bertz CT molecular complexity index is 611. The molecular formula is C28H48O. The molecule has 5 rings (SSSR count). The number of hydrogen-bond acceptors (Lipinski definition) is 1. The van der Waals surface area contributed by atoms with Crippen LogP contribution in [-0.4, -0.2) is 12.2 Å². The van der Waals surface area contributed by atoms with Crippen molar-refractivity contribution in [3.05, 3.63) is 0 Å². The normalized spacial score (nSPS) is 54.3. The zero-order valence-corrected chi connectivity index (χ0v) is 20.3. The van der Waals surface area contributed by atoms with E-state index in [4.69, 9.17) is 4.74 Å². The van der Waals surface area contributed by atoms with Gasteiger partial charge in [0.25, 0.3) is 0 Å². The first kappa shape index (κ1) is 20.8. The van der Waals surface area contributed by atoms with Gasteiger partial charge in [-0.15, -0.1) is 0 Å². The summed E-state index contributed by atoms with van der Waals surface area (Å²) in [5.74, 6) is 7.53. The van der Waals surface area contributed by atoms with E-state index in [0.29, 0.717) is 23.0 Å². The van der Waals surface area contributed by atoms with Crippen LogP contribution in [0, 0.1) is 58.2 Å². The number of rotatable bonds is 5. The minimum Gasteiger partial charge on any atom is -0.369 e. The van der Waals surface area contributed by atoms with E-state index in [2.05, 4.69) is 41.5 Å². The SMILES string of the molecule is CC(C)CCC[C@@H](C)[C@H]1CC[C@H]2[C@@H]3CC[C@H]4[C@H]5O[C@H]5C[C@H](C)[C@]4(C)[C@H]3CC[C@]12C. The molecule has 11 atom stereocenters. The van der Waals surface area contributed by atoms with Crippen LogP contribution >= 0.6 is 0 Å². The lowest BCUT2D eigenvalue weighted by molar-refractivity contribution is -0.132. The first-order valence-electron chi connectivity index (χ1n) is 13.4. The average Bonchev–Trinajstić information content (AvgIpc) is 3.32. The molecule has 1 heterocycles. The van der Waals surface area contributed by atoms with Crippen LogP contribution in [0.2, 0.25) is 0 Å². The van der Waals surface area contributed by atoms with E-state index in [1.165, 1.54) is 64.2 Å². The van der Waals surface area contributed by atoms with Crippen LogP contribution in [0.15, 0.2) is 0 Å². The van der Waals surface area contributed by atoms with Gasteiger partial charge in [0.1, 0.15) is 0 Å². The molecule has 0 spiro atoms. The van der Waals surface area contributed by atoms with Crippen LogP contribution in [0.4, 0.5) is 0 Å². The molecule has 5 fully saturated rings. The highest BCUT2D eigenvalue weighted by Gasteiger charge is 2.66. The fraction of sp³-hybridized carbons (Fsp3) is 1.00. The van der Waals surface area contributed by atoms with Gasteiger partial charge in [-0.1, -0.05) is 60.8 Å². The fourth-order valence-electron chi connectivity index (χ4n) is 10.00. The largest absolute Gasteiger partial charge is 0.369 e. The lowest BCUT2D eigenvalue weighted by atomic mass is 9.42. The summed E-state index contributed by atoms with van der Waals surface area (Å²) in [4.78, 5) is 0. The van der Waals surface area contributed by atoms with E-state index in [1.807, 2.05) is 0 Å². The standard InChI is InChI=1S/C28H48O/c1-17(2)8-7-9-18(3)21-12-13-22-20-10-11-24-26-25(29-26)16-19(4)28(24,6)23(20)14-15-27(21,22)5/h17-26H,7-16H2,1-6H3/t18-,19+,20+,21-,22+,23+,24+,25+,26-,27-,28-/m1/s1. The van der Waals surface area contributed by atoms with Crippen LogP contribution in [0.25, 0.3) is 0 Å². The summed E-state index contributed by atoms with van der Waals surface area (Å²) in [6, 6.07) is 0. The molecule has 0 bridgehead atoms. The van der Waals surface area contributed by atoms with Crippen molar-refractivity contribution in [2.75, 3.05) is 0 Å². The topological polar surface area (TPSA) is 12.5 Å². The van der Waals surface area contributed by atoms with E-state index in [-0.39, 0.29) is 0 Å². The van der Waals surface area contributed by atoms with Crippen molar-refractivity contribution in [2.45, 2.75) is 118 Å². The van der Waals surface area contributed by atoms with Crippen LogP contribution in [0.3, 0.4) is 0 Å². The van der Waals surface area contributed by atoms with Crippen molar-refractivity contribution >= 4 is 0 Å². The maximum Gasteiger partial charge on any atom is 0.0875 e. The van der Waals surface area contributed by atoms with Gasteiger partial charge in [-0.05, 0) is 103 Å². The van der Waals surface area contributed by atoms with Gasteiger partial charge in [0.2, 0.25) is 0 Å². The maximum absolute atomic E-state index is 6.17. The zero-order valence-electron chi connectivity index (χ0n) is 20.3. The highest BCUT2D eigenvalue weighted by atomic mass is 16.6. The number of hydrogen-bond donors (Lipinski definition) is 0. The van der Waals surface area contributed by atoms with E-state index in [0.717, 1.165) is 47.3 Å². The van der Waals surface area contributed by atoms with E-state index >= 15 is 0 Å². The Balaban J connectivity index is 1.32. The van der Waals surface area contributed by atoms with Gasteiger partial charge in [-0.3, -0.25) is 0 Å². The van der Waals surface area contributed by atoms with Gasteiger partial charge in [-0.25, -0.2) is 0 Å². The molecule has 166 valence electrons. The molecule has 0 radical (unpaired) electrons. The minimum atomic E-state index is 0.558. The predicted molar refractivity (Wildman–Crippen MR) is 122 cm³/mol. The summed E-state index contributed by atoms with van der Waals surface area (Å²) in [5, 5.41) is 0. The molecule has 1 nitrogen and oxygen atoms in total. The molecule has 5 aliphatic rings. The number of ether oxygens (including phenoxy) is 1. The highest BCUT2D eigenvalue weighted by Crippen LogP contribution is 2.70. The second-order valence-electron chi connectivity index (χ2n) is 13.2. The smallest absolute Gasteiger partial charge is 0.0875 e. The van der Waals surface area contributed by atoms with Gasteiger partial charge >= 0.3 is 0 Å². The Morgan fingerprint density at radius 2 is 1.66 bits per heavy atom. The third-order valence-corrected chi connectivity index (χ3v) is 11.7. The molecule has 1 aliphatic heterocycles. The minimum absolute atomic E-state index is 0.558. The first-order chi connectivity index (χ1) is 13.8. The molecule has 4 saturated carbocycles. The zero-order chi connectivity index (χ0) is 20.6. The van der Waals surface area contributed by atoms with Crippen molar-refractivity contribution in [3.63, 3.8) is 0 Å². The Labute approximate surface area is 181 Å². The van der Waals surface area contributed by atoms with Gasteiger partial charge in [0.15, 0.2) is 0 Å². The monoisotopic (exact) mass is 400 g/mol. The maximum atomic E-state index is 6.17. The third kappa shape index (κ3) is 3.10. The molecule has 0 aromatic heterocycles. The molecular weight excluding hydrogens is 352 g/mol. The average molecular weight is 401 g/mol. The van der Waals surface area contributed by atoms with Crippen LogP contribution in [-0.2, 0) is 4.74 Å². The summed E-state index contributed by atoms with van der Waals surface area (Å²) in [7, 11) is 0. The van der Waals surface area contributed by atoms with Gasteiger partial charge in [0, 0.05) is 0 Å². The lowest BCUT2D eigenvalue weighted by Gasteiger charge is -2.62. The lowest BCUT2D eigenvalue weighted by Crippen LogP contribution is -2.57. The second-order valence-corrected chi connectivity index (χ2v) is 13.2. The molecule has 4 aliphatic carbocycles. The van der Waals surface area contributed by atoms with Crippen molar-refractivity contribution in [1.29, 1.82) is 0 Å². The van der Waals surface area contributed by atoms with Crippen molar-refractivity contribution in [3.8, 4) is 0 Å². The van der Waals surface area contributed by atoms with E-state index < -0.39 is 0 Å². The molecule has 0 aromatic rings. The summed E-state index contributed by atoms with van der Waals surface area (Å²) >= 11 is 0. The highest BCUT2D eigenvalue weighted by molar-refractivity contribution is 5.15. The predicted octanol–water partition coefficient (Wildman–Crippen LogP) is 7.73. The van der Waals surface area contributed by atoms with Crippen molar-refractivity contribution < 1.29 is 4.74 Å². The van der Waals surface area contributed by atoms with Gasteiger partial charge in [-0.2, -0.15) is 0 Å². The summed E-state index contributed by atoms with van der Waals surface area (Å²) in [6.07, 6.45) is 16.0. The number of epoxide rings is 1. The summed E-state index contributed by atoms with van der Waals surface area (Å²) in [5.41, 5.74) is 1.20. The Morgan fingerprint density at radius 3 is 2.41 bits per heavy atom. The van der Waals surface area contributed by atoms with Crippen LogP contribution in [0.5, 0.6) is 0 Å². The van der Waals surface area contributed by atoms with Crippen molar-refractivity contribution in [2.24, 2.45) is 58.2 Å². The van der Waals surface area contributed by atoms with Gasteiger partial charge < -0.3 is 4.74 Å². The van der Waals surface area contributed by atoms with E-state index in [1.54, 1.807) is 0 Å². The molecule has 1 saturated heterocycles. The van der Waals surface area contributed by atoms with Crippen molar-refractivity contribution in [1.82, 2.24) is 0 Å². The number of fused-ring (bicyclic) bond motifs is 7. The van der Waals surface area contributed by atoms with Crippen LogP contribution in [0.1, 0.15) is 106 Å². The Hall–Kier alpha value is -0.0400. The first-order valence-corrected chi connectivity index (χ1v) is 13.4. The Morgan fingerprint density at radius 1 is 0.897 bits per heavy atom. The molecule has 0 N–H and O–H groups in total. The second kappa shape index (κ2) is 7.25. The van der Waals surface area contributed by atoms with E-state index in [9.17, 15) is 0 Å². The molecule has 0 aromatic carbocycles. The molecule has 0 amide bonds. The fourth-order valence-corrected chi connectivity index (χ4v) is 10.00. The summed E-state index contributed by atoms with van der Waals surface area (Å²) < 4.78 is 6.17. The molecule has 29 heavy (non-hydrogen) atoms. The Kier molecular flexibility index (Phi) is 5.21.